The lowest BCUT2D eigenvalue weighted by molar-refractivity contribution is 0.397. The molecule has 0 radical (unpaired) electrons. The molecule has 1 aromatic carbocycles. The molecular weight excluding hydrogens is 242 g/mol. The number of methoxy groups -OCH3 is 2. The van der Waals surface area contributed by atoms with Gasteiger partial charge in [-0.05, 0) is 24.1 Å². The predicted molar refractivity (Wildman–Crippen MR) is 73.8 cm³/mol. The number of hydrogen-bond donors (Lipinski definition) is 1. The topological polar surface area (TPSA) is 56.3 Å². The summed E-state index contributed by atoms with van der Waals surface area (Å²) < 4.78 is 10.2. The van der Waals surface area contributed by atoms with Gasteiger partial charge in [-0.3, -0.25) is 0 Å². The SMILES string of the molecule is COc1ccc(CCNc2nccc(OC)n2)cc1. The Balaban J connectivity index is 1.85. The zero-order valence-electron chi connectivity index (χ0n) is 11.1. The molecule has 0 atom stereocenters. The van der Waals surface area contributed by atoms with Crippen molar-refractivity contribution in [2.45, 2.75) is 6.42 Å². The van der Waals surface area contributed by atoms with E-state index >= 15 is 0 Å². The maximum atomic E-state index is 5.12. The highest BCUT2D eigenvalue weighted by molar-refractivity contribution is 5.30. The quantitative estimate of drug-likeness (QED) is 0.861. The molecule has 0 unspecified atom stereocenters. The van der Waals surface area contributed by atoms with Gasteiger partial charge in [0.25, 0.3) is 0 Å². The molecule has 0 bridgehead atoms. The average Bonchev–Trinajstić information content (AvgIpc) is 2.48. The largest absolute Gasteiger partial charge is 0.497 e. The van der Waals surface area contributed by atoms with Crippen molar-refractivity contribution in [3.8, 4) is 11.6 Å². The molecule has 1 heterocycles. The van der Waals surface area contributed by atoms with Crippen molar-refractivity contribution in [3.05, 3.63) is 42.1 Å². The van der Waals surface area contributed by atoms with Gasteiger partial charge in [0.05, 0.1) is 14.2 Å². The van der Waals surface area contributed by atoms with E-state index in [-0.39, 0.29) is 0 Å². The summed E-state index contributed by atoms with van der Waals surface area (Å²) in [5.74, 6) is 2.00. The molecule has 0 aliphatic carbocycles. The van der Waals surface area contributed by atoms with Crippen LogP contribution in [0.2, 0.25) is 0 Å². The number of aromatic nitrogens is 2. The monoisotopic (exact) mass is 259 g/mol. The zero-order valence-corrected chi connectivity index (χ0v) is 11.1. The minimum atomic E-state index is 0.557. The van der Waals surface area contributed by atoms with Crippen LogP contribution in [0.25, 0.3) is 0 Å². The molecule has 1 aromatic heterocycles. The lowest BCUT2D eigenvalue weighted by atomic mass is 10.1. The average molecular weight is 259 g/mol. The van der Waals surface area contributed by atoms with Crippen LogP contribution in [-0.2, 0) is 6.42 Å². The van der Waals surface area contributed by atoms with Gasteiger partial charge in [0.1, 0.15) is 5.75 Å². The van der Waals surface area contributed by atoms with Crippen LogP contribution in [0.15, 0.2) is 36.5 Å². The molecule has 0 spiro atoms. The molecular formula is C14H17N3O2. The van der Waals surface area contributed by atoms with Crippen LogP contribution in [0.3, 0.4) is 0 Å². The maximum Gasteiger partial charge on any atom is 0.225 e. The number of nitrogens with zero attached hydrogens (tertiary/aromatic N) is 2. The number of rotatable bonds is 6. The van der Waals surface area contributed by atoms with Gasteiger partial charge in [-0.1, -0.05) is 12.1 Å². The van der Waals surface area contributed by atoms with Gasteiger partial charge in [-0.25, -0.2) is 4.98 Å². The van der Waals surface area contributed by atoms with Crippen molar-refractivity contribution in [1.29, 1.82) is 0 Å². The number of nitrogens with one attached hydrogen (secondary N) is 1. The van der Waals surface area contributed by atoms with E-state index in [1.165, 1.54) is 5.56 Å². The third kappa shape index (κ3) is 3.84. The van der Waals surface area contributed by atoms with E-state index in [2.05, 4.69) is 15.3 Å². The summed E-state index contributed by atoms with van der Waals surface area (Å²) in [7, 11) is 3.25. The van der Waals surface area contributed by atoms with E-state index in [1.807, 2.05) is 24.3 Å². The molecule has 2 aromatic rings. The molecule has 1 N–H and O–H groups in total. The first-order valence-corrected chi connectivity index (χ1v) is 6.05. The van der Waals surface area contributed by atoms with Crippen LogP contribution in [0.5, 0.6) is 11.6 Å². The van der Waals surface area contributed by atoms with E-state index in [0.29, 0.717) is 11.8 Å². The van der Waals surface area contributed by atoms with Crippen molar-refractivity contribution >= 4 is 5.95 Å². The van der Waals surface area contributed by atoms with Gasteiger partial charge in [0, 0.05) is 18.8 Å². The van der Waals surface area contributed by atoms with Crippen LogP contribution < -0.4 is 14.8 Å². The molecule has 0 saturated heterocycles. The zero-order chi connectivity index (χ0) is 13.5. The second-order valence-electron chi connectivity index (χ2n) is 3.95. The summed E-state index contributed by atoms with van der Waals surface area (Å²) in [6.45, 7) is 0.763. The minimum absolute atomic E-state index is 0.557. The Bertz CT molecular complexity index is 514. The predicted octanol–water partition coefficient (Wildman–Crippen LogP) is 2.15. The fourth-order valence-corrected chi connectivity index (χ4v) is 1.65. The second-order valence-corrected chi connectivity index (χ2v) is 3.95. The molecule has 0 aliphatic heterocycles. The van der Waals surface area contributed by atoms with E-state index < -0.39 is 0 Å². The first kappa shape index (κ1) is 13.1. The molecule has 19 heavy (non-hydrogen) atoms. The Morgan fingerprint density at radius 1 is 1.05 bits per heavy atom. The van der Waals surface area contributed by atoms with Crippen molar-refractivity contribution in [1.82, 2.24) is 9.97 Å². The Morgan fingerprint density at radius 3 is 2.53 bits per heavy atom. The minimum Gasteiger partial charge on any atom is -0.497 e. The Morgan fingerprint density at radius 2 is 1.84 bits per heavy atom. The third-order valence-corrected chi connectivity index (χ3v) is 2.70. The summed E-state index contributed by atoms with van der Waals surface area (Å²) in [5, 5.41) is 3.16. The number of ether oxygens (including phenoxy) is 2. The van der Waals surface area contributed by atoms with Gasteiger partial charge in [-0.2, -0.15) is 4.98 Å². The van der Waals surface area contributed by atoms with Crippen molar-refractivity contribution in [3.63, 3.8) is 0 Å². The van der Waals surface area contributed by atoms with Crippen molar-refractivity contribution < 1.29 is 9.47 Å². The van der Waals surface area contributed by atoms with Gasteiger partial charge in [0.2, 0.25) is 11.8 Å². The van der Waals surface area contributed by atoms with E-state index in [1.54, 1.807) is 26.5 Å². The highest BCUT2D eigenvalue weighted by Gasteiger charge is 1.99. The van der Waals surface area contributed by atoms with Crippen molar-refractivity contribution in [2.24, 2.45) is 0 Å². The highest BCUT2D eigenvalue weighted by Crippen LogP contribution is 2.12. The van der Waals surface area contributed by atoms with Gasteiger partial charge >= 0.3 is 0 Å². The first-order chi connectivity index (χ1) is 9.31. The van der Waals surface area contributed by atoms with E-state index in [0.717, 1.165) is 18.7 Å². The fourth-order valence-electron chi connectivity index (χ4n) is 1.65. The smallest absolute Gasteiger partial charge is 0.225 e. The molecule has 0 aliphatic rings. The van der Waals surface area contributed by atoms with Crippen LogP contribution in [0, 0.1) is 0 Å². The number of hydrogen-bond acceptors (Lipinski definition) is 5. The summed E-state index contributed by atoms with van der Waals surface area (Å²) in [4.78, 5) is 8.31. The maximum absolute atomic E-state index is 5.12. The van der Waals surface area contributed by atoms with Crippen LogP contribution in [0.1, 0.15) is 5.56 Å². The lowest BCUT2D eigenvalue weighted by Crippen LogP contribution is -2.08. The lowest BCUT2D eigenvalue weighted by Gasteiger charge is -2.06. The molecule has 2 rings (SSSR count). The Kier molecular flexibility index (Phi) is 4.55. The normalized spacial score (nSPS) is 10.0. The van der Waals surface area contributed by atoms with Crippen LogP contribution >= 0.6 is 0 Å². The van der Waals surface area contributed by atoms with Crippen LogP contribution in [0.4, 0.5) is 5.95 Å². The number of benzene rings is 1. The highest BCUT2D eigenvalue weighted by atomic mass is 16.5. The Labute approximate surface area is 112 Å². The van der Waals surface area contributed by atoms with E-state index in [9.17, 15) is 0 Å². The molecule has 0 amide bonds. The Hall–Kier alpha value is -2.30. The molecule has 100 valence electrons. The fraction of sp³-hybridized carbons (Fsp3) is 0.286. The van der Waals surface area contributed by atoms with Gasteiger partial charge in [0.15, 0.2) is 0 Å². The van der Waals surface area contributed by atoms with Gasteiger partial charge < -0.3 is 14.8 Å². The van der Waals surface area contributed by atoms with Crippen molar-refractivity contribution in [2.75, 3.05) is 26.1 Å². The first-order valence-electron chi connectivity index (χ1n) is 6.05. The molecule has 5 nitrogen and oxygen atoms in total. The molecule has 0 fully saturated rings. The van der Waals surface area contributed by atoms with E-state index in [4.69, 9.17) is 9.47 Å². The standard InChI is InChI=1S/C14H17N3O2/c1-18-12-5-3-11(4-6-12)7-9-15-14-16-10-8-13(17-14)19-2/h3-6,8,10H,7,9H2,1-2H3,(H,15,16,17). The third-order valence-electron chi connectivity index (χ3n) is 2.70. The summed E-state index contributed by atoms with van der Waals surface area (Å²) in [6.07, 6.45) is 2.56. The second kappa shape index (κ2) is 6.58. The van der Waals surface area contributed by atoms with Crippen LogP contribution in [-0.4, -0.2) is 30.7 Å². The summed E-state index contributed by atoms with van der Waals surface area (Å²) in [5.41, 5.74) is 1.23. The van der Waals surface area contributed by atoms with Gasteiger partial charge in [-0.15, -0.1) is 0 Å². The summed E-state index contributed by atoms with van der Waals surface area (Å²) in [6, 6.07) is 9.73. The number of anilines is 1. The molecule has 0 saturated carbocycles. The molecule has 5 heteroatoms. The summed E-state index contributed by atoms with van der Waals surface area (Å²) >= 11 is 0.